The number of hydrogen-bond acceptors (Lipinski definition) is 3. The van der Waals surface area contributed by atoms with Gasteiger partial charge in [-0.1, -0.05) is 41.9 Å². The largest absolute Gasteiger partial charge is 0.326 e. The lowest BCUT2D eigenvalue weighted by Crippen LogP contribution is -2.44. The van der Waals surface area contributed by atoms with Gasteiger partial charge in [-0.15, -0.1) is 0 Å². The summed E-state index contributed by atoms with van der Waals surface area (Å²) in [6, 6.07) is 16.0. The van der Waals surface area contributed by atoms with Crippen molar-refractivity contribution >= 4 is 33.2 Å². The van der Waals surface area contributed by atoms with E-state index in [-0.39, 0.29) is 24.1 Å². The molecule has 5 nitrogen and oxygen atoms in total. The van der Waals surface area contributed by atoms with Gasteiger partial charge < -0.3 is 5.32 Å². The van der Waals surface area contributed by atoms with E-state index in [0.717, 1.165) is 5.69 Å². The molecule has 0 spiro atoms. The Balaban J connectivity index is 1.65. The molecule has 1 amide bonds. The van der Waals surface area contributed by atoms with E-state index in [1.165, 1.54) is 4.31 Å². The van der Waals surface area contributed by atoms with Gasteiger partial charge in [0, 0.05) is 23.8 Å². The number of para-hydroxylation sites is 1. The highest BCUT2D eigenvalue weighted by Crippen LogP contribution is 2.23. The van der Waals surface area contributed by atoms with Crippen molar-refractivity contribution < 1.29 is 13.2 Å². The van der Waals surface area contributed by atoms with Crippen LogP contribution in [-0.2, 0) is 20.6 Å². The summed E-state index contributed by atoms with van der Waals surface area (Å²) in [5, 5.41) is 3.44. The van der Waals surface area contributed by atoms with Gasteiger partial charge in [0.2, 0.25) is 15.9 Å². The van der Waals surface area contributed by atoms with Gasteiger partial charge in [0.25, 0.3) is 0 Å². The third-order valence-corrected chi connectivity index (χ3v) is 6.52. The molecule has 0 bridgehead atoms. The van der Waals surface area contributed by atoms with Crippen molar-refractivity contribution in [2.45, 2.75) is 18.6 Å². The number of amides is 1. The molecule has 2 aromatic rings. The number of benzene rings is 2. The summed E-state index contributed by atoms with van der Waals surface area (Å²) in [6.07, 6.45) is 1.36. The number of hydrogen-bond donors (Lipinski definition) is 1. The minimum atomic E-state index is -3.48. The van der Waals surface area contributed by atoms with Crippen LogP contribution in [0.1, 0.15) is 18.4 Å². The molecule has 0 saturated carbocycles. The summed E-state index contributed by atoms with van der Waals surface area (Å²) in [7, 11) is -3.48. The van der Waals surface area contributed by atoms with Crippen molar-refractivity contribution in [3.05, 3.63) is 65.2 Å². The second-order valence-electron chi connectivity index (χ2n) is 6.44. The number of halogens is 1. The van der Waals surface area contributed by atoms with Crippen LogP contribution >= 0.6 is 11.6 Å². The molecule has 0 unspecified atom stereocenters. The molecule has 1 aliphatic heterocycles. The van der Waals surface area contributed by atoms with Crippen molar-refractivity contribution in [3.63, 3.8) is 0 Å². The molecule has 1 saturated heterocycles. The van der Waals surface area contributed by atoms with Crippen LogP contribution in [0.3, 0.4) is 0 Å². The van der Waals surface area contributed by atoms with Crippen LogP contribution in [0.2, 0.25) is 5.02 Å². The summed E-state index contributed by atoms with van der Waals surface area (Å²) in [5.74, 6) is -0.566. The molecular weight excluding hydrogens is 372 g/mol. The van der Waals surface area contributed by atoms with Crippen molar-refractivity contribution in [3.8, 4) is 0 Å². The molecule has 1 atom stereocenters. The number of sulfonamides is 1. The highest BCUT2D eigenvalue weighted by Gasteiger charge is 2.32. The second kappa shape index (κ2) is 8.20. The quantitative estimate of drug-likeness (QED) is 0.846. The van der Waals surface area contributed by atoms with Gasteiger partial charge in [0.1, 0.15) is 0 Å². The van der Waals surface area contributed by atoms with E-state index < -0.39 is 10.0 Å². The fourth-order valence-corrected chi connectivity index (χ4v) is 4.79. The summed E-state index contributed by atoms with van der Waals surface area (Å²) in [5.41, 5.74) is 1.41. The first kappa shape index (κ1) is 18.9. The first-order chi connectivity index (χ1) is 12.4. The second-order valence-corrected chi connectivity index (χ2v) is 8.84. The Morgan fingerprint density at radius 1 is 1.12 bits per heavy atom. The Labute approximate surface area is 159 Å². The van der Waals surface area contributed by atoms with Gasteiger partial charge in [0.15, 0.2) is 0 Å². The number of rotatable bonds is 5. The molecule has 1 aliphatic rings. The number of anilines is 1. The zero-order valence-electron chi connectivity index (χ0n) is 14.3. The summed E-state index contributed by atoms with van der Waals surface area (Å²) in [4.78, 5) is 12.5. The minimum absolute atomic E-state index is 0.0861. The highest BCUT2D eigenvalue weighted by atomic mass is 35.5. The fourth-order valence-electron chi connectivity index (χ4n) is 3.06. The molecule has 138 valence electrons. The van der Waals surface area contributed by atoms with E-state index in [1.54, 1.807) is 24.3 Å². The normalized spacial score (nSPS) is 18.4. The Bertz CT molecular complexity index is 854. The van der Waals surface area contributed by atoms with E-state index in [1.807, 2.05) is 30.3 Å². The van der Waals surface area contributed by atoms with Crippen LogP contribution < -0.4 is 5.32 Å². The Morgan fingerprint density at radius 3 is 2.50 bits per heavy atom. The van der Waals surface area contributed by atoms with Gasteiger partial charge in [0.05, 0.1) is 11.7 Å². The van der Waals surface area contributed by atoms with Crippen LogP contribution in [-0.4, -0.2) is 31.7 Å². The van der Waals surface area contributed by atoms with E-state index in [9.17, 15) is 13.2 Å². The fraction of sp³-hybridized carbons (Fsp3) is 0.316. The molecule has 3 rings (SSSR count). The number of nitrogens with one attached hydrogen (secondary N) is 1. The molecule has 0 aromatic heterocycles. The topological polar surface area (TPSA) is 66.5 Å². The lowest BCUT2D eigenvalue weighted by Gasteiger charge is -2.31. The average molecular weight is 393 g/mol. The molecule has 1 N–H and O–H groups in total. The molecule has 0 radical (unpaired) electrons. The third-order valence-electron chi connectivity index (χ3n) is 4.45. The number of nitrogens with zero attached hydrogens (tertiary/aromatic N) is 1. The lowest BCUT2D eigenvalue weighted by atomic mass is 9.99. The molecular formula is C19H21ClN2O3S. The van der Waals surface area contributed by atoms with Crippen molar-refractivity contribution in [1.29, 1.82) is 0 Å². The first-order valence-corrected chi connectivity index (χ1v) is 10.5. The maximum Gasteiger partial charge on any atom is 0.228 e. The smallest absolute Gasteiger partial charge is 0.228 e. The predicted octanol–water partition coefficient (Wildman–Crippen LogP) is 3.52. The summed E-state index contributed by atoms with van der Waals surface area (Å²) in [6.45, 7) is 0.666. The Kier molecular flexibility index (Phi) is 5.96. The maximum atomic E-state index is 12.7. The van der Waals surface area contributed by atoms with Gasteiger partial charge in [-0.2, -0.15) is 0 Å². The van der Waals surface area contributed by atoms with Crippen molar-refractivity contribution in [2.24, 2.45) is 5.92 Å². The molecule has 26 heavy (non-hydrogen) atoms. The van der Waals surface area contributed by atoms with E-state index in [0.29, 0.717) is 30.0 Å². The van der Waals surface area contributed by atoms with Crippen LogP contribution in [0, 0.1) is 5.92 Å². The van der Waals surface area contributed by atoms with Gasteiger partial charge in [-0.05, 0) is 42.7 Å². The first-order valence-electron chi connectivity index (χ1n) is 8.52. The Morgan fingerprint density at radius 2 is 1.81 bits per heavy atom. The summed E-state index contributed by atoms with van der Waals surface area (Å²) < 4.78 is 26.9. The molecule has 1 fully saturated rings. The average Bonchev–Trinajstić information content (AvgIpc) is 2.64. The van der Waals surface area contributed by atoms with Crippen molar-refractivity contribution in [2.75, 3.05) is 18.4 Å². The highest BCUT2D eigenvalue weighted by molar-refractivity contribution is 7.88. The van der Waals surface area contributed by atoms with Gasteiger partial charge in [-0.25, -0.2) is 12.7 Å². The monoisotopic (exact) mass is 392 g/mol. The summed E-state index contributed by atoms with van der Waals surface area (Å²) >= 11 is 5.85. The predicted molar refractivity (Wildman–Crippen MR) is 103 cm³/mol. The van der Waals surface area contributed by atoms with Crippen LogP contribution in [0.15, 0.2) is 54.6 Å². The zero-order chi connectivity index (χ0) is 18.6. The number of piperidine rings is 1. The maximum absolute atomic E-state index is 12.7. The van der Waals surface area contributed by atoms with Gasteiger partial charge >= 0.3 is 0 Å². The SMILES string of the molecule is O=C(Nc1ccccc1)[C@@H]1CCCN(S(=O)(=O)Cc2ccc(Cl)cc2)C1. The van der Waals surface area contributed by atoms with Gasteiger partial charge in [-0.3, -0.25) is 4.79 Å². The third kappa shape index (κ3) is 4.84. The van der Waals surface area contributed by atoms with E-state index in [4.69, 9.17) is 11.6 Å². The van der Waals surface area contributed by atoms with Crippen LogP contribution in [0.5, 0.6) is 0 Å². The standard InChI is InChI=1S/C19H21ClN2O3S/c20-17-10-8-15(9-11-17)14-26(24,25)22-12-4-5-16(13-22)19(23)21-18-6-2-1-3-7-18/h1-3,6-11,16H,4-5,12-14H2,(H,21,23)/t16-/m1/s1. The molecule has 2 aromatic carbocycles. The van der Waals surface area contributed by atoms with Crippen molar-refractivity contribution in [1.82, 2.24) is 4.31 Å². The van der Waals surface area contributed by atoms with Crippen LogP contribution in [0.4, 0.5) is 5.69 Å². The molecule has 7 heteroatoms. The van der Waals surface area contributed by atoms with Crippen LogP contribution in [0.25, 0.3) is 0 Å². The minimum Gasteiger partial charge on any atom is -0.326 e. The Hall–Kier alpha value is -1.89. The zero-order valence-corrected chi connectivity index (χ0v) is 15.8. The molecule has 0 aliphatic carbocycles. The lowest BCUT2D eigenvalue weighted by molar-refractivity contribution is -0.120. The molecule has 1 heterocycles. The van der Waals surface area contributed by atoms with E-state index in [2.05, 4.69) is 5.32 Å². The number of carbonyl (C=O) groups excluding carboxylic acids is 1. The number of carbonyl (C=O) groups is 1. The van der Waals surface area contributed by atoms with E-state index >= 15 is 0 Å².